The van der Waals surface area contributed by atoms with E-state index in [0.29, 0.717) is 12.2 Å². The second-order valence-corrected chi connectivity index (χ2v) is 5.04. The third-order valence-corrected chi connectivity index (χ3v) is 3.63. The molecule has 1 aromatic rings. The van der Waals surface area contributed by atoms with Crippen molar-refractivity contribution >= 4 is 12.4 Å². The maximum Gasteiger partial charge on any atom is 0.290 e. The molecule has 3 rings (SSSR count). The van der Waals surface area contributed by atoms with Gasteiger partial charge in [-0.2, -0.15) is 0 Å². The van der Waals surface area contributed by atoms with Crippen molar-refractivity contribution in [2.45, 2.75) is 31.3 Å². The van der Waals surface area contributed by atoms with Gasteiger partial charge in [-0.15, -0.1) is 0 Å². The lowest BCUT2D eigenvalue weighted by atomic mass is 10.1. The number of fused-ring (bicyclic) bond motifs is 1. The number of carbonyl (C=O) groups is 2. The molecule has 2 aliphatic heterocycles. The van der Waals surface area contributed by atoms with Crippen LogP contribution in [0.5, 0.6) is 0 Å². The van der Waals surface area contributed by atoms with Gasteiger partial charge in [-0.3, -0.25) is 14.6 Å². The van der Waals surface area contributed by atoms with Crippen LogP contribution in [0.25, 0.3) is 0 Å². The molecule has 2 aliphatic rings. The van der Waals surface area contributed by atoms with Crippen molar-refractivity contribution in [3.05, 3.63) is 29.6 Å². The highest BCUT2D eigenvalue weighted by molar-refractivity contribution is 5.95. The van der Waals surface area contributed by atoms with Gasteiger partial charge in [-0.25, -0.2) is 0 Å². The lowest BCUT2D eigenvalue weighted by Gasteiger charge is -2.17. The topological polar surface area (TPSA) is 118 Å². The molecular formula is C14H18N2O6. The molecule has 0 aromatic carbocycles. The second kappa shape index (κ2) is 7.30. The molecule has 8 nitrogen and oxygen atoms in total. The fourth-order valence-electron chi connectivity index (χ4n) is 2.55. The zero-order chi connectivity index (χ0) is 16.1. The molecule has 0 spiro atoms. The number of aryl methyl sites for hydroxylation is 1. The number of ether oxygens (including phenoxy) is 2. The van der Waals surface area contributed by atoms with Gasteiger partial charge in [0, 0.05) is 12.4 Å². The van der Waals surface area contributed by atoms with Crippen LogP contribution in [0.2, 0.25) is 0 Å². The third-order valence-electron chi connectivity index (χ3n) is 3.63. The number of nitrogens with one attached hydrogen (secondary N) is 1. The van der Waals surface area contributed by atoms with Crippen molar-refractivity contribution < 1.29 is 29.3 Å². The highest BCUT2D eigenvalue weighted by Crippen LogP contribution is 2.27. The minimum atomic E-state index is -0.605. The number of carbonyl (C=O) groups excluding carboxylic acids is 1. The van der Waals surface area contributed by atoms with E-state index < -0.39 is 6.10 Å². The summed E-state index contributed by atoms with van der Waals surface area (Å²) in [6, 6.07) is 1.56. The van der Waals surface area contributed by atoms with Gasteiger partial charge in [0.1, 0.15) is 18.3 Å². The van der Waals surface area contributed by atoms with Crippen LogP contribution in [0, 0.1) is 6.92 Å². The molecule has 0 radical (unpaired) electrons. The molecule has 1 amide bonds. The Bertz CT molecular complexity index is 538. The summed E-state index contributed by atoms with van der Waals surface area (Å²) in [5, 5.41) is 19.4. The smallest absolute Gasteiger partial charge is 0.290 e. The maximum absolute atomic E-state index is 12.2. The zero-order valence-electron chi connectivity index (χ0n) is 12.0. The van der Waals surface area contributed by atoms with Gasteiger partial charge >= 0.3 is 0 Å². The standard InChI is InChI=1S/C13H16N2O4.CH2O2/c1-7-2-3-14-4-8(7)13(17)15-9-5-18-12-10(16)6-19-11(9)12;2-1-3/h2-4,9-12,16H,5-6H2,1H3,(H,15,17);1H,(H,2,3)/t9-,10-,11-,12-;/m1./s1. The van der Waals surface area contributed by atoms with Crippen molar-refractivity contribution in [1.29, 1.82) is 0 Å². The van der Waals surface area contributed by atoms with Crippen LogP contribution in [-0.2, 0) is 14.3 Å². The monoisotopic (exact) mass is 310 g/mol. The van der Waals surface area contributed by atoms with Crippen molar-refractivity contribution in [3.63, 3.8) is 0 Å². The quantitative estimate of drug-likeness (QED) is 0.621. The van der Waals surface area contributed by atoms with Gasteiger partial charge in [0.05, 0.1) is 24.8 Å². The normalized spacial score (nSPS) is 29.2. The lowest BCUT2D eigenvalue weighted by Crippen LogP contribution is -2.44. The van der Waals surface area contributed by atoms with Crippen LogP contribution in [0.4, 0.5) is 0 Å². The van der Waals surface area contributed by atoms with Crippen LogP contribution in [0.15, 0.2) is 18.5 Å². The van der Waals surface area contributed by atoms with Gasteiger partial charge in [0.15, 0.2) is 0 Å². The van der Waals surface area contributed by atoms with Gasteiger partial charge in [-0.1, -0.05) is 0 Å². The van der Waals surface area contributed by atoms with E-state index in [-0.39, 0.29) is 37.2 Å². The fourth-order valence-corrected chi connectivity index (χ4v) is 2.55. The Kier molecular flexibility index (Phi) is 5.42. The number of rotatable bonds is 2. The summed E-state index contributed by atoms with van der Waals surface area (Å²) >= 11 is 0. The van der Waals surface area contributed by atoms with Crippen LogP contribution >= 0.6 is 0 Å². The molecule has 8 heteroatoms. The Morgan fingerprint density at radius 2 is 2.09 bits per heavy atom. The molecule has 2 fully saturated rings. The van der Waals surface area contributed by atoms with Gasteiger partial charge in [-0.05, 0) is 18.6 Å². The first kappa shape index (κ1) is 16.3. The summed E-state index contributed by atoms with van der Waals surface area (Å²) in [6.45, 7) is 2.23. The van der Waals surface area contributed by atoms with Crippen LogP contribution in [0.1, 0.15) is 15.9 Å². The Balaban J connectivity index is 0.000000545. The van der Waals surface area contributed by atoms with E-state index in [0.717, 1.165) is 5.56 Å². The molecule has 1 aromatic heterocycles. The predicted octanol–water partition coefficient (Wildman–Crippen LogP) is -0.652. The SMILES string of the molecule is Cc1ccncc1C(=O)N[C@@H]1CO[C@H]2[C@@H]1OC[C@H]2O.O=CO. The molecule has 0 bridgehead atoms. The van der Waals surface area contributed by atoms with Crippen molar-refractivity contribution in [2.75, 3.05) is 13.2 Å². The minimum absolute atomic E-state index is 0.190. The molecule has 0 unspecified atom stereocenters. The summed E-state index contributed by atoms with van der Waals surface area (Å²) in [6.07, 6.45) is 1.99. The number of hydrogen-bond acceptors (Lipinski definition) is 6. The summed E-state index contributed by atoms with van der Waals surface area (Å²) in [4.78, 5) is 24.5. The molecule has 0 aliphatic carbocycles. The number of aromatic nitrogens is 1. The van der Waals surface area contributed by atoms with E-state index in [9.17, 15) is 9.90 Å². The Labute approximate surface area is 127 Å². The van der Waals surface area contributed by atoms with Gasteiger partial charge in [0.2, 0.25) is 0 Å². The molecular weight excluding hydrogens is 292 g/mol. The Hall–Kier alpha value is -2.03. The largest absolute Gasteiger partial charge is 0.483 e. The molecule has 2 saturated heterocycles. The summed E-state index contributed by atoms with van der Waals surface area (Å²) in [7, 11) is 0. The second-order valence-electron chi connectivity index (χ2n) is 5.04. The van der Waals surface area contributed by atoms with E-state index in [1.165, 1.54) is 0 Å². The summed E-state index contributed by atoms with van der Waals surface area (Å²) in [5.41, 5.74) is 1.42. The van der Waals surface area contributed by atoms with Crippen molar-refractivity contribution in [2.24, 2.45) is 0 Å². The van der Waals surface area contributed by atoms with E-state index in [4.69, 9.17) is 19.4 Å². The number of carboxylic acid groups (broad SMARTS) is 1. The fraction of sp³-hybridized carbons (Fsp3) is 0.500. The van der Waals surface area contributed by atoms with Crippen LogP contribution < -0.4 is 5.32 Å². The van der Waals surface area contributed by atoms with Gasteiger partial charge < -0.3 is 25.0 Å². The van der Waals surface area contributed by atoms with Crippen LogP contribution in [-0.4, -0.2) is 65.1 Å². The van der Waals surface area contributed by atoms with Crippen molar-refractivity contribution in [1.82, 2.24) is 10.3 Å². The average molecular weight is 310 g/mol. The molecule has 0 saturated carbocycles. The summed E-state index contributed by atoms with van der Waals surface area (Å²) < 4.78 is 10.9. The first-order valence-corrected chi connectivity index (χ1v) is 6.79. The number of aliphatic hydroxyl groups excluding tert-OH is 1. The number of nitrogens with zero attached hydrogens (tertiary/aromatic N) is 1. The number of amides is 1. The molecule has 4 atom stereocenters. The highest BCUT2D eigenvalue weighted by Gasteiger charge is 2.47. The Morgan fingerprint density at radius 3 is 2.77 bits per heavy atom. The first-order valence-electron chi connectivity index (χ1n) is 6.79. The third kappa shape index (κ3) is 3.41. The number of aliphatic hydroxyl groups is 1. The molecule has 3 N–H and O–H groups in total. The Morgan fingerprint density at radius 1 is 1.41 bits per heavy atom. The van der Waals surface area contributed by atoms with E-state index in [1.807, 2.05) is 6.92 Å². The van der Waals surface area contributed by atoms with Gasteiger partial charge in [0.25, 0.3) is 12.4 Å². The predicted molar refractivity (Wildman–Crippen MR) is 74.4 cm³/mol. The maximum atomic E-state index is 12.2. The molecule has 22 heavy (non-hydrogen) atoms. The average Bonchev–Trinajstić information content (AvgIpc) is 3.05. The lowest BCUT2D eigenvalue weighted by molar-refractivity contribution is -0.122. The van der Waals surface area contributed by atoms with E-state index in [1.54, 1.807) is 18.5 Å². The summed E-state index contributed by atoms with van der Waals surface area (Å²) in [5.74, 6) is -0.190. The van der Waals surface area contributed by atoms with Crippen molar-refractivity contribution in [3.8, 4) is 0 Å². The highest BCUT2D eigenvalue weighted by atomic mass is 16.6. The van der Waals surface area contributed by atoms with Crippen LogP contribution in [0.3, 0.4) is 0 Å². The molecule has 3 heterocycles. The number of pyridine rings is 1. The van der Waals surface area contributed by atoms with E-state index in [2.05, 4.69) is 10.3 Å². The zero-order valence-corrected chi connectivity index (χ0v) is 12.0. The first-order chi connectivity index (χ1) is 10.6. The minimum Gasteiger partial charge on any atom is -0.483 e. The van der Waals surface area contributed by atoms with E-state index >= 15 is 0 Å². The number of hydrogen-bond donors (Lipinski definition) is 3. The molecule has 120 valence electrons.